The molecule has 27 heavy (non-hydrogen) atoms. The first-order chi connectivity index (χ1) is 13.0. The molecule has 0 bridgehead atoms. The molecule has 4 rings (SSSR count). The van der Waals surface area contributed by atoms with Crippen LogP contribution in [0.1, 0.15) is 33.1 Å². The van der Waals surface area contributed by atoms with Crippen LogP contribution in [0.25, 0.3) is 0 Å². The number of rotatable bonds is 3. The Kier molecular flexibility index (Phi) is 4.98. The van der Waals surface area contributed by atoms with Gasteiger partial charge in [0, 0.05) is 37.8 Å². The average molecular weight is 372 g/mol. The van der Waals surface area contributed by atoms with E-state index in [2.05, 4.69) is 13.8 Å². The van der Waals surface area contributed by atoms with E-state index in [9.17, 15) is 9.59 Å². The van der Waals surface area contributed by atoms with Gasteiger partial charge in [0.15, 0.2) is 11.5 Å². The van der Waals surface area contributed by atoms with Gasteiger partial charge in [-0.2, -0.15) is 0 Å². The SMILES string of the molecule is CC(C)C1CCN(C(=O)C2CC(=O)N(c3ccc4c(c3)OCCO4)C2)CC1. The number of carbonyl (C=O) groups is 2. The molecular weight excluding hydrogens is 344 g/mol. The van der Waals surface area contributed by atoms with Crippen molar-refractivity contribution in [2.45, 2.75) is 33.1 Å². The van der Waals surface area contributed by atoms with Crippen LogP contribution >= 0.6 is 0 Å². The number of fused-ring (bicyclic) bond motifs is 1. The van der Waals surface area contributed by atoms with Gasteiger partial charge < -0.3 is 19.3 Å². The van der Waals surface area contributed by atoms with Crippen LogP contribution in [0.2, 0.25) is 0 Å². The summed E-state index contributed by atoms with van der Waals surface area (Å²) in [5, 5.41) is 0. The molecule has 2 fully saturated rings. The fourth-order valence-electron chi connectivity index (χ4n) is 4.37. The molecule has 0 aromatic heterocycles. The van der Waals surface area contributed by atoms with Crippen molar-refractivity contribution in [2.24, 2.45) is 17.8 Å². The second kappa shape index (κ2) is 7.41. The standard InChI is InChI=1S/C21H28N2O4/c1-14(2)15-5-7-22(8-6-15)21(25)16-11-20(24)23(13-16)17-3-4-18-19(12-17)27-10-9-26-18/h3-4,12,14-16H,5-11,13H2,1-2H3. The van der Waals surface area contributed by atoms with Gasteiger partial charge in [0.1, 0.15) is 13.2 Å². The highest BCUT2D eigenvalue weighted by atomic mass is 16.6. The summed E-state index contributed by atoms with van der Waals surface area (Å²) in [6.45, 7) is 7.64. The molecule has 3 heterocycles. The Balaban J connectivity index is 1.41. The van der Waals surface area contributed by atoms with Crippen LogP contribution in [-0.4, -0.2) is 49.6 Å². The average Bonchev–Trinajstić information content (AvgIpc) is 3.08. The summed E-state index contributed by atoms with van der Waals surface area (Å²) in [5.74, 6) is 2.62. The summed E-state index contributed by atoms with van der Waals surface area (Å²) in [7, 11) is 0. The topological polar surface area (TPSA) is 59.1 Å². The fraction of sp³-hybridized carbons (Fsp3) is 0.619. The van der Waals surface area contributed by atoms with Gasteiger partial charge in [0.25, 0.3) is 0 Å². The molecule has 2 saturated heterocycles. The number of ether oxygens (including phenoxy) is 2. The predicted octanol–water partition coefficient (Wildman–Crippen LogP) is 2.71. The molecule has 3 aliphatic heterocycles. The first-order valence-electron chi connectivity index (χ1n) is 10.0. The molecule has 1 unspecified atom stereocenters. The minimum Gasteiger partial charge on any atom is -0.486 e. The van der Waals surface area contributed by atoms with Gasteiger partial charge in [0.2, 0.25) is 11.8 Å². The van der Waals surface area contributed by atoms with Gasteiger partial charge in [-0.25, -0.2) is 0 Å². The molecule has 6 heteroatoms. The van der Waals surface area contributed by atoms with E-state index < -0.39 is 0 Å². The molecule has 1 aromatic carbocycles. The molecule has 1 aromatic rings. The van der Waals surface area contributed by atoms with Crippen LogP contribution in [0.3, 0.4) is 0 Å². The van der Waals surface area contributed by atoms with Crippen LogP contribution in [0, 0.1) is 17.8 Å². The lowest BCUT2D eigenvalue weighted by molar-refractivity contribution is -0.137. The van der Waals surface area contributed by atoms with Crippen molar-refractivity contribution in [3.05, 3.63) is 18.2 Å². The molecule has 0 saturated carbocycles. The molecule has 6 nitrogen and oxygen atoms in total. The normalized spacial score (nSPS) is 23.2. The highest BCUT2D eigenvalue weighted by Crippen LogP contribution is 2.36. The van der Waals surface area contributed by atoms with E-state index in [1.54, 1.807) is 4.90 Å². The highest BCUT2D eigenvalue weighted by molar-refractivity contribution is 6.00. The van der Waals surface area contributed by atoms with E-state index in [-0.39, 0.29) is 24.2 Å². The van der Waals surface area contributed by atoms with Crippen molar-refractivity contribution in [3.63, 3.8) is 0 Å². The van der Waals surface area contributed by atoms with E-state index in [4.69, 9.17) is 9.47 Å². The van der Waals surface area contributed by atoms with Crippen LogP contribution in [0.15, 0.2) is 18.2 Å². The van der Waals surface area contributed by atoms with Crippen molar-refractivity contribution in [2.75, 3.05) is 37.7 Å². The first kappa shape index (κ1) is 18.1. The number of piperidine rings is 1. The number of likely N-dealkylation sites (tertiary alicyclic amines) is 1. The number of carbonyl (C=O) groups excluding carboxylic acids is 2. The monoisotopic (exact) mass is 372 g/mol. The lowest BCUT2D eigenvalue weighted by Gasteiger charge is -2.35. The van der Waals surface area contributed by atoms with E-state index in [1.165, 1.54) is 0 Å². The van der Waals surface area contributed by atoms with Crippen LogP contribution in [0.4, 0.5) is 5.69 Å². The molecule has 146 valence electrons. The van der Waals surface area contributed by atoms with Gasteiger partial charge in [-0.3, -0.25) is 9.59 Å². The zero-order valence-electron chi connectivity index (χ0n) is 16.1. The largest absolute Gasteiger partial charge is 0.486 e. The third kappa shape index (κ3) is 3.62. The third-order valence-electron chi connectivity index (χ3n) is 6.11. The van der Waals surface area contributed by atoms with Crippen LogP contribution < -0.4 is 14.4 Å². The molecule has 0 radical (unpaired) electrons. The molecule has 0 N–H and O–H groups in total. The Hall–Kier alpha value is -2.24. The number of amides is 2. The Morgan fingerprint density at radius 1 is 1.11 bits per heavy atom. The molecular formula is C21H28N2O4. The van der Waals surface area contributed by atoms with Crippen molar-refractivity contribution in [3.8, 4) is 11.5 Å². The van der Waals surface area contributed by atoms with Crippen LogP contribution in [-0.2, 0) is 9.59 Å². The Morgan fingerprint density at radius 2 is 1.81 bits per heavy atom. The molecule has 2 amide bonds. The van der Waals surface area contributed by atoms with E-state index >= 15 is 0 Å². The first-order valence-corrected chi connectivity index (χ1v) is 10.0. The number of anilines is 1. The van der Waals surface area contributed by atoms with E-state index in [0.29, 0.717) is 43.1 Å². The summed E-state index contributed by atoms with van der Waals surface area (Å²) in [4.78, 5) is 29.2. The molecule has 0 aliphatic carbocycles. The van der Waals surface area contributed by atoms with Gasteiger partial charge in [-0.15, -0.1) is 0 Å². The Labute approximate surface area is 160 Å². The van der Waals surface area contributed by atoms with Gasteiger partial charge in [-0.1, -0.05) is 13.8 Å². The smallest absolute Gasteiger partial charge is 0.228 e. The van der Waals surface area contributed by atoms with E-state index in [1.807, 2.05) is 23.1 Å². The maximum absolute atomic E-state index is 12.9. The van der Waals surface area contributed by atoms with Crippen molar-refractivity contribution in [1.29, 1.82) is 0 Å². The fourth-order valence-corrected chi connectivity index (χ4v) is 4.37. The number of hydrogen-bond acceptors (Lipinski definition) is 4. The molecule has 3 aliphatic rings. The van der Waals surface area contributed by atoms with E-state index in [0.717, 1.165) is 31.6 Å². The second-order valence-electron chi connectivity index (χ2n) is 8.14. The summed E-state index contributed by atoms with van der Waals surface area (Å²) < 4.78 is 11.2. The lowest BCUT2D eigenvalue weighted by Crippen LogP contribution is -2.43. The van der Waals surface area contributed by atoms with Crippen molar-refractivity contribution < 1.29 is 19.1 Å². The minimum atomic E-state index is -0.249. The maximum Gasteiger partial charge on any atom is 0.228 e. The highest BCUT2D eigenvalue weighted by Gasteiger charge is 2.38. The zero-order chi connectivity index (χ0) is 19.0. The van der Waals surface area contributed by atoms with Crippen molar-refractivity contribution in [1.82, 2.24) is 4.90 Å². The van der Waals surface area contributed by atoms with Crippen LogP contribution in [0.5, 0.6) is 11.5 Å². The molecule has 1 atom stereocenters. The number of nitrogens with zero attached hydrogens (tertiary/aromatic N) is 2. The molecule has 0 spiro atoms. The lowest BCUT2D eigenvalue weighted by atomic mass is 9.86. The van der Waals surface area contributed by atoms with Gasteiger partial charge >= 0.3 is 0 Å². The summed E-state index contributed by atoms with van der Waals surface area (Å²) >= 11 is 0. The summed E-state index contributed by atoms with van der Waals surface area (Å²) in [6.07, 6.45) is 2.42. The van der Waals surface area contributed by atoms with Gasteiger partial charge in [0.05, 0.1) is 5.92 Å². The number of hydrogen-bond donors (Lipinski definition) is 0. The number of benzene rings is 1. The summed E-state index contributed by atoms with van der Waals surface area (Å²) in [5.41, 5.74) is 0.776. The summed E-state index contributed by atoms with van der Waals surface area (Å²) in [6, 6.07) is 5.54. The Morgan fingerprint density at radius 3 is 2.52 bits per heavy atom. The Bertz CT molecular complexity index is 725. The minimum absolute atomic E-state index is 0.00194. The zero-order valence-corrected chi connectivity index (χ0v) is 16.1. The quantitative estimate of drug-likeness (QED) is 0.819. The maximum atomic E-state index is 12.9. The third-order valence-corrected chi connectivity index (χ3v) is 6.11. The van der Waals surface area contributed by atoms with Crippen molar-refractivity contribution >= 4 is 17.5 Å². The predicted molar refractivity (Wildman–Crippen MR) is 102 cm³/mol. The van der Waals surface area contributed by atoms with Gasteiger partial charge in [-0.05, 0) is 36.8 Å². The second-order valence-corrected chi connectivity index (χ2v) is 8.14.